The van der Waals surface area contributed by atoms with Gasteiger partial charge in [-0.15, -0.1) is 0 Å². The monoisotopic (exact) mass is 308 g/mol. The van der Waals surface area contributed by atoms with Crippen LogP contribution < -0.4 is 0 Å². The maximum atomic E-state index is 12.2. The quantitative estimate of drug-likeness (QED) is 0.829. The minimum atomic E-state index is -0.932. The van der Waals surface area contributed by atoms with Gasteiger partial charge in [-0.2, -0.15) is 0 Å². The summed E-state index contributed by atoms with van der Waals surface area (Å²) in [5, 5.41) is 0. The van der Waals surface area contributed by atoms with E-state index in [0.717, 1.165) is 37.6 Å². The molecule has 1 atom stereocenters. The van der Waals surface area contributed by atoms with Crippen molar-refractivity contribution in [1.29, 1.82) is 0 Å². The number of piperazine rings is 1. The van der Waals surface area contributed by atoms with Crippen LogP contribution in [0.2, 0.25) is 0 Å². The lowest BCUT2D eigenvalue weighted by molar-refractivity contribution is -0.136. The summed E-state index contributed by atoms with van der Waals surface area (Å²) in [6.45, 7) is 8.04. The maximum Gasteiger partial charge on any atom is 0.225 e. The van der Waals surface area contributed by atoms with Crippen LogP contribution in [0.25, 0.3) is 0 Å². The zero-order valence-electron chi connectivity index (χ0n) is 12.8. The van der Waals surface area contributed by atoms with E-state index in [4.69, 9.17) is 0 Å². The second-order valence-electron chi connectivity index (χ2n) is 5.68. The fourth-order valence-electron chi connectivity index (χ4n) is 2.46. The molecule has 1 fully saturated rings. The summed E-state index contributed by atoms with van der Waals surface area (Å²) in [7, 11) is -0.932. The van der Waals surface area contributed by atoms with E-state index in [0.29, 0.717) is 5.75 Å². The van der Waals surface area contributed by atoms with Gasteiger partial charge >= 0.3 is 0 Å². The molecule has 4 nitrogen and oxygen atoms in total. The number of rotatable bonds is 5. The summed E-state index contributed by atoms with van der Waals surface area (Å²) in [6, 6.07) is 9.60. The molecular formula is C16H24N2O2S. The normalized spacial score (nSPS) is 18.0. The fraction of sp³-hybridized carbons (Fsp3) is 0.562. The Morgan fingerprint density at radius 1 is 1.14 bits per heavy atom. The third kappa shape index (κ3) is 4.64. The molecule has 0 bridgehead atoms. The molecule has 1 aromatic rings. The molecular weight excluding hydrogens is 284 g/mol. The molecule has 21 heavy (non-hydrogen) atoms. The van der Waals surface area contributed by atoms with Crippen LogP contribution in [-0.2, 0) is 15.6 Å². The highest BCUT2D eigenvalue weighted by molar-refractivity contribution is 7.85. The molecule has 5 heteroatoms. The number of carbonyl (C=O) groups excluding carboxylic acids is 1. The van der Waals surface area contributed by atoms with Crippen LogP contribution in [0.5, 0.6) is 0 Å². The Balaban J connectivity index is 1.74. The van der Waals surface area contributed by atoms with Crippen molar-refractivity contribution in [1.82, 2.24) is 9.80 Å². The smallest absolute Gasteiger partial charge is 0.225 e. The zero-order valence-corrected chi connectivity index (χ0v) is 13.6. The predicted molar refractivity (Wildman–Crippen MR) is 85.6 cm³/mol. The highest BCUT2D eigenvalue weighted by atomic mass is 32.2. The first kappa shape index (κ1) is 16.2. The largest absolute Gasteiger partial charge is 0.340 e. The lowest BCUT2D eigenvalue weighted by Gasteiger charge is -2.35. The summed E-state index contributed by atoms with van der Waals surface area (Å²) in [6.07, 6.45) is 0. The average molecular weight is 308 g/mol. The Morgan fingerprint density at radius 2 is 1.76 bits per heavy atom. The molecule has 0 aromatic heterocycles. The number of nitrogens with zero attached hydrogens (tertiary/aromatic N) is 2. The van der Waals surface area contributed by atoms with E-state index in [1.807, 2.05) is 49.1 Å². The van der Waals surface area contributed by atoms with Crippen LogP contribution in [0.4, 0.5) is 0 Å². The second-order valence-corrected chi connectivity index (χ2v) is 7.26. The van der Waals surface area contributed by atoms with Crippen molar-refractivity contribution in [2.75, 3.05) is 38.5 Å². The molecule has 0 saturated carbocycles. The maximum absolute atomic E-state index is 12.2. The number of benzene rings is 1. The Hall–Kier alpha value is -1.20. The minimum Gasteiger partial charge on any atom is -0.340 e. The molecule has 1 heterocycles. The lowest BCUT2D eigenvalue weighted by Crippen LogP contribution is -2.50. The van der Waals surface area contributed by atoms with Crippen LogP contribution in [-0.4, -0.2) is 58.4 Å². The van der Waals surface area contributed by atoms with Crippen molar-refractivity contribution in [3.63, 3.8) is 0 Å². The number of hydrogen-bond acceptors (Lipinski definition) is 3. The molecule has 1 aromatic carbocycles. The summed E-state index contributed by atoms with van der Waals surface area (Å²) in [5.41, 5.74) is 0. The van der Waals surface area contributed by atoms with Gasteiger partial charge in [-0.05, 0) is 12.1 Å². The summed E-state index contributed by atoms with van der Waals surface area (Å²) < 4.78 is 12.2. The molecule has 0 radical (unpaired) electrons. The van der Waals surface area contributed by atoms with E-state index >= 15 is 0 Å². The topological polar surface area (TPSA) is 40.6 Å². The van der Waals surface area contributed by atoms with Crippen molar-refractivity contribution < 1.29 is 9.00 Å². The molecule has 1 aliphatic heterocycles. The Labute approximate surface area is 129 Å². The van der Waals surface area contributed by atoms with Gasteiger partial charge in [-0.25, -0.2) is 0 Å². The standard InChI is InChI=1S/C16H24N2O2S/c1-14(2)16(19)18-10-8-17(9-11-18)12-13-21(20)15-6-4-3-5-7-15/h3-7,14H,8-13H2,1-2H3/t21-/m1/s1. The number of carbonyl (C=O) groups is 1. The zero-order chi connectivity index (χ0) is 15.2. The molecule has 1 aliphatic rings. The van der Waals surface area contributed by atoms with Gasteiger partial charge < -0.3 is 4.90 Å². The van der Waals surface area contributed by atoms with Gasteiger partial charge in [0, 0.05) is 49.3 Å². The van der Waals surface area contributed by atoms with Crippen molar-refractivity contribution in [3.05, 3.63) is 30.3 Å². The third-order valence-electron chi connectivity index (χ3n) is 3.78. The Bertz CT molecular complexity index is 482. The first-order valence-corrected chi connectivity index (χ1v) is 8.84. The highest BCUT2D eigenvalue weighted by Gasteiger charge is 2.22. The van der Waals surface area contributed by atoms with E-state index in [1.165, 1.54) is 0 Å². The number of amides is 1. The molecule has 0 unspecified atom stereocenters. The summed E-state index contributed by atoms with van der Waals surface area (Å²) in [5.74, 6) is 0.965. The SMILES string of the molecule is CC(C)C(=O)N1CCN(CC[S@@](=O)c2ccccc2)CC1. The average Bonchev–Trinajstić information content (AvgIpc) is 2.53. The van der Waals surface area contributed by atoms with Crippen LogP contribution in [0.1, 0.15) is 13.8 Å². The van der Waals surface area contributed by atoms with Crippen LogP contribution in [0, 0.1) is 5.92 Å². The molecule has 2 rings (SSSR count). The highest BCUT2D eigenvalue weighted by Crippen LogP contribution is 2.09. The minimum absolute atomic E-state index is 0.0714. The second kappa shape index (κ2) is 7.71. The van der Waals surface area contributed by atoms with E-state index in [-0.39, 0.29) is 11.8 Å². The van der Waals surface area contributed by atoms with E-state index < -0.39 is 10.8 Å². The van der Waals surface area contributed by atoms with E-state index in [1.54, 1.807) is 0 Å². The van der Waals surface area contributed by atoms with Crippen molar-refractivity contribution in [2.24, 2.45) is 5.92 Å². The van der Waals surface area contributed by atoms with Crippen LogP contribution in [0.3, 0.4) is 0 Å². The molecule has 0 spiro atoms. The molecule has 1 amide bonds. The Kier molecular flexibility index (Phi) is 5.94. The van der Waals surface area contributed by atoms with Gasteiger partial charge in [0.05, 0.1) is 10.8 Å². The molecule has 0 N–H and O–H groups in total. The first-order chi connectivity index (χ1) is 10.1. The summed E-state index contributed by atoms with van der Waals surface area (Å²) in [4.78, 5) is 17.0. The predicted octanol–water partition coefficient (Wildman–Crippen LogP) is 1.59. The van der Waals surface area contributed by atoms with Gasteiger partial charge in [0.15, 0.2) is 0 Å². The van der Waals surface area contributed by atoms with Crippen LogP contribution in [0.15, 0.2) is 35.2 Å². The summed E-state index contributed by atoms with van der Waals surface area (Å²) >= 11 is 0. The van der Waals surface area contributed by atoms with E-state index in [9.17, 15) is 9.00 Å². The van der Waals surface area contributed by atoms with Crippen molar-refractivity contribution in [2.45, 2.75) is 18.7 Å². The van der Waals surface area contributed by atoms with Crippen LogP contribution >= 0.6 is 0 Å². The first-order valence-electron chi connectivity index (χ1n) is 7.52. The van der Waals surface area contributed by atoms with Gasteiger partial charge in [0.25, 0.3) is 0 Å². The fourth-order valence-corrected chi connectivity index (χ4v) is 3.58. The van der Waals surface area contributed by atoms with E-state index in [2.05, 4.69) is 4.90 Å². The van der Waals surface area contributed by atoms with Gasteiger partial charge in [0.2, 0.25) is 5.91 Å². The molecule has 0 aliphatic carbocycles. The van der Waals surface area contributed by atoms with Gasteiger partial charge in [-0.1, -0.05) is 32.0 Å². The third-order valence-corrected chi connectivity index (χ3v) is 5.13. The van der Waals surface area contributed by atoms with Crippen molar-refractivity contribution >= 4 is 16.7 Å². The van der Waals surface area contributed by atoms with Gasteiger partial charge in [0.1, 0.15) is 0 Å². The number of hydrogen-bond donors (Lipinski definition) is 0. The Morgan fingerprint density at radius 3 is 2.33 bits per heavy atom. The lowest BCUT2D eigenvalue weighted by atomic mass is 10.1. The van der Waals surface area contributed by atoms with Gasteiger partial charge in [-0.3, -0.25) is 13.9 Å². The molecule has 1 saturated heterocycles. The van der Waals surface area contributed by atoms with Crippen molar-refractivity contribution in [3.8, 4) is 0 Å². The molecule has 116 valence electrons.